The number of hydrogen-bond donors (Lipinski definition) is 4. The van der Waals surface area contributed by atoms with Gasteiger partial charge in [-0.3, -0.25) is 9.59 Å². The quantitative estimate of drug-likeness (QED) is 0.271. The summed E-state index contributed by atoms with van der Waals surface area (Å²) in [5.74, 6) is 0.192. The molecule has 36 heavy (non-hydrogen) atoms. The number of amides is 2. The van der Waals surface area contributed by atoms with Crippen LogP contribution in [0.2, 0.25) is 0 Å². The zero-order chi connectivity index (χ0) is 26.2. The van der Waals surface area contributed by atoms with Gasteiger partial charge in [0.15, 0.2) is 11.5 Å². The molecule has 0 spiro atoms. The van der Waals surface area contributed by atoms with Gasteiger partial charge in [-0.05, 0) is 59.2 Å². The lowest BCUT2D eigenvalue weighted by molar-refractivity contribution is -0.140. The third kappa shape index (κ3) is 6.88. The first-order valence-electron chi connectivity index (χ1n) is 12.2. The van der Waals surface area contributed by atoms with E-state index in [2.05, 4.69) is 27.9 Å². The van der Waals surface area contributed by atoms with Crippen LogP contribution in [0.5, 0.6) is 11.5 Å². The number of ether oxygens (including phenoxy) is 3. The third-order valence-electron chi connectivity index (χ3n) is 6.39. The molecule has 3 rings (SSSR count). The predicted octanol–water partition coefficient (Wildman–Crippen LogP) is 1.13. The zero-order valence-corrected chi connectivity index (χ0v) is 22.8. The Hall–Kier alpha value is -1.93. The van der Waals surface area contributed by atoms with E-state index >= 15 is 0 Å². The van der Waals surface area contributed by atoms with E-state index < -0.39 is 24.2 Å². The molecular formula is C25H35IN2O8. The van der Waals surface area contributed by atoms with Gasteiger partial charge in [0.25, 0.3) is 0 Å². The van der Waals surface area contributed by atoms with Crippen molar-refractivity contribution < 1.29 is 39.1 Å². The van der Waals surface area contributed by atoms with E-state index in [1.807, 2.05) is 0 Å². The Bertz CT molecular complexity index is 950. The highest BCUT2D eigenvalue weighted by molar-refractivity contribution is 14.1. The summed E-state index contributed by atoms with van der Waals surface area (Å²) in [5, 5.41) is 32.8. The Morgan fingerprint density at radius 1 is 1.31 bits per heavy atom. The highest BCUT2D eigenvalue weighted by atomic mass is 127. The Morgan fingerprint density at radius 2 is 2.08 bits per heavy atom. The molecule has 1 aromatic rings. The molecule has 10 nitrogen and oxygen atoms in total. The molecule has 0 bridgehead atoms. The molecule has 1 aliphatic carbocycles. The number of rotatable bonds is 11. The molecule has 4 N–H and O–H groups in total. The fraction of sp³-hybridized carbons (Fsp3) is 0.600. The molecule has 2 amide bonds. The topological polar surface area (TPSA) is 138 Å². The molecule has 0 unspecified atom stereocenters. The molecule has 1 saturated heterocycles. The second kappa shape index (κ2) is 13.6. The van der Waals surface area contributed by atoms with Crippen LogP contribution in [-0.4, -0.2) is 89.8 Å². The van der Waals surface area contributed by atoms with Crippen molar-refractivity contribution in [2.24, 2.45) is 0 Å². The molecule has 200 valence electrons. The van der Waals surface area contributed by atoms with Crippen LogP contribution in [0.3, 0.4) is 0 Å². The molecule has 11 heteroatoms. The highest BCUT2D eigenvalue weighted by Crippen LogP contribution is 2.37. The van der Waals surface area contributed by atoms with Crippen LogP contribution in [0.15, 0.2) is 23.8 Å². The zero-order valence-electron chi connectivity index (χ0n) is 20.6. The number of aliphatic hydroxyl groups is 3. The van der Waals surface area contributed by atoms with E-state index in [0.717, 1.165) is 12.8 Å². The molecule has 0 radical (unpaired) electrons. The first-order valence-corrected chi connectivity index (χ1v) is 13.2. The minimum Gasteiger partial charge on any atom is -0.493 e. The smallest absolute Gasteiger partial charge is 0.247 e. The average Bonchev–Trinajstić information content (AvgIpc) is 3.40. The van der Waals surface area contributed by atoms with Gasteiger partial charge in [0.05, 0.1) is 36.0 Å². The van der Waals surface area contributed by atoms with Crippen molar-refractivity contribution in [3.8, 4) is 11.5 Å². The lowest BCUT2D eigenvalue weighted by Gasteiger charge is -2.41. The molecule has 0 aromatic heterocycles. The first-order chi connectivity index (χ1) is 17.3. The van der Waals surface area contributed by atoms with Gasteiger partial charge < -0.3 is 39.7 Å². The van der Waals surface area contributed by atoms with Crippen molar-refractivity contribution in [2.45, 2.75) is 63.6 Å². The van der Waals surface area contributed by atoms with Crippen LogP contribution < -0.4 is 14.8 Å². The Kier molecular flexibility index (Phi) is 10.8. The Balaban J connectivity index is 1.97. The molecule has 0 saturated carbocycles. The van der Waals surface area contributed by atoms with Crippen LogP contribution in [0.1, 0.15) is 38.2 Å². The summed E-state index contributed by atoms with van der Waals surface area (Å²) >= 11 is 2.06. The van der Waals surface area contributed by atoms with Crippen molar-refractivity contribution in [2.75, 3.05) is 33.4 Å². The molecule has 1 aromatic carbocycles. The predicted molar refractivity (Wildman–Crippen MR) is 140 cm³/mol. The van der Waals surface area contributed by atoms with E-state index in [4.69, 9.17) is 19.3 Å². The number of benzene rings is 1. The minimum absolute atomic E-state index is 0.0801. The summed E-state index contributed by atoms with van der Waals surface area (Å²) in [5.41, 5.74) is 0.993. The van der Waals surface area contributed by atoms with Gasteiger partial charge in [0.1, 0.15) is 12.2 Å². The number of nitrogens with one attached hydrogen (secondary N) is 1. The average molecular weight is 618 g/mol. The molecule has 2 aliphatic rings. The SMILES string of the molecule is CCC(=O)N(C[C@@H]1CCCO1)[C@@H]1CC(C(=O)NCCO)=C[C@H](Oc2c(I)cc(CO)cc2OC)[C@H]1O. The van der Waals surface area contributed by atoms with E-state index in [0.29, 0.717) is 39.4 Å². The maximum Gasteiger partial charge on any atom is 0.247 e. The highest BCUT2D eigenvalue weighted by Gasteiger charge is 2.41. The lowest BCUT2D eigenvalue weighted by atomic mass is 9.87. The van der Waals surface area contributed by atoms with Gasteiger partial charge in [-0.2, -0.15) is 0 Å². The number of methoxy groups -OCH3 is 1. The van der Waals surface area contributed by atoms with E-state index in [1.54, 1.807) is 30.0 Å². The number of aliphatic hydroxyl groups excluding tert-OH is 3. The number of carbonyl (C=O) groups excluding carboxylic acids is 2. The van der Waals surface area contributed by atoms with Gasteiger partial charge >= 0.3 is 0 Å². The van der Waals surface area contributed by atoms with Crippen LogP contribution in [0, 0.1) is 3.57 Å². The van der Waals surface area contributed by atoms with Crippen molar-refractivity contribution >= 4 is 34.4 Å². The van der Waals surface area contributed by atoms with Crippen LogP contribution >= 0.6 is 22.6 Å². The summed E-state index contributed by atoms with van der Waals surface area (Å²) in [6, 6.07) is 2.67. The second-order valence-electron chi connectivity index (χ2n) is 8.82. The Morgan fingerprint density at radius 3 is 2.69 bits per heavy atom. The third-order valence-corrected chi connectivity index (χ3v) is 7.19. The first kappa shape index (κ1) is 28.6. The maximum atomic E-state index is 13.0. The number of hydrogen-bond acceptors (Lipinski definition) is 8. The van der Waals surface area contributed by atoms with E-state index in [1.165, 1.54) is 7.11 Å². The largest absolute Gasteiger partial charge is 0.493 e. The number of carbonyl (C=O) groups is 2. The molecule has 4 atom stereocenters. The lowest BCUT2D eigenvalue weighted by Crippen LogP contribution is -2.56. The van der Waals surface area contributed by atoms with Crippen LogP contribution in [0.25, 0.3) is 0 Å². The summed E-state index contributed by atoms with van der Waals surface area (Å²) < 4.78 is 18.1. The van der Waals surface area contributed by atoms with Gasteiger partial charge in [-0.25, -0.2) is 0 Å². The van der Waals surface area contributed by atoms with Gasteiger partial charge in [0.2, 0.25) is 11.8 Å². The summed E-state index contributed by atoms with van der Waals surface area (Å²) in [6.07, 6.45) is 1.45. The van der Waals surface area contributed by atoms with E-state index in [9.17, 15) is 19.8 Å². The standard InChI is InChI=1S/C25H35IN2O8/c1-3-22(31)28(13-17-5-4-8-35-17)19-11-16(25(33)27-6-7-29)12-20(23(19)32)36-24-18(26)9-15(14-30)10-21(24)34-2/h9-10,12,17,19-20,23,29-30,32H,3-8,11,13-14H2,1-2H3,(H,27,33)/t17-,19+,20-,23-/m0/s1. The second-order valence-corrected chi connectivity index (χ2v) is 9.98. The summed E-state index contributed by atoms with van der Waals surface area (Å²) in [6.45, 7) is 2.41. The molecule has 1 fully saturated rings. The van der Waals surface area contributed by atoms with Gasteiger partial charge in [-0.15, -0.1) is 0 Å². The maximum absolute atomic E-state index is 13.0. The van der Waals surface area contributed by atoms with Crippen LogP contribution in [0.4, 0.5) is 0 Å². The fourth-order valence-corrected chi connectivity index (χ4v) is 5.32. The van der Waals surface area contributed by atoms with Crippen molar-refractivity contribution in [3.05, 3.63) is 32.9 Å². The number of nitrogens with zero attached hydrogens (tertiary/aromatic N) is 1. The molecular weight excluding hydrogens is 583 g/mol. The molecule has 1 aliphatic heterocycles. The van der Waals surface area contributed by atoms with Gasteiger partial charge in [0, 0.05) is 38.1 Å². The van der Waals surface area contributed by atoms with Crippen molar-refractivity contribution in [1.29, 1.82) is 0 Å². The normalized spacial score (nSPS) is 23.7. The monoisotopic (exact) mass is 618 g/mol. The van der Waals surface area contributed by atoms with Crippen molar-refractivity contribution in [1.82, 2.24) is 10.2 Å². The Labute approximate surface area is 224 Å². The minimum atomic E-state index is -1.13. The van der Waals surface area contributed by atoms with E-state index in [-0.39, 0.29) is 44.6 Å². The fourth-order valence-electron chi connectivity index (χ4n) is 4.53. The van der Waals surface area contributed by atoms with Crippen LogP contribution in [-0.2, 0) is 20.9 Å². The summed E-state index contributed by atoms with van der Waals surface area (Å²) in [7, 11) is 1.48. The van der Waals surface area contributed by atoms with Gasteiger partial charge in [-0.1, -0.05) is 6.92 Å². The molecule has 1 heterocycles. The number of halogens is 1. The van der Waals surface area contributed by atoms with Crippen molar-refractivity contribution in [3.63, 3.8) is 0 Å². The summed E-state index contributed by atoms with van der Waals surface area (Å²) in [4.78, 5) is 27.5.